The number of amides is 2. The first-order chi connectivity index (χ1) is 13.3. The summed E-state index contributed by atoms with van der Waals surface area (Å²) in [5, 5.41) is 15.2. The monoisotopic (exact) mass is 380 g/mol. The first kappa shape index (κ1) is 19.6. The SMILES string of the molecule is CC(=O)N[C@@H](C(=O)N[C@H](C(=O)O)C1c2ccccc2-c2ccccc21)C(C)C. The summed E-state index contributed by atoms with van der Waals surface area (Å²) in [5.74, 6) is -2.63. The largest absolute Gasteiger partial charge is 0.480 e. The van der Waals surface area contributed by atoms with Crippen LogP contribution in [-0.2, 0) is 14.4 Å². The minimum absolute atomic E-state index is 0.179. The maximum absolute atomic E-state index is 12.8. The van der Waals surface area contributed by atoms with Crippen molar-refractivity contribution in [2.45, 2.75) is 38.8 Å². The lowest BCUT2D eigenvalue weighted by Crippen LogP contribution is -2.54. The number of rotatable bonds is 6. The normalized spacial score (nSPS) is 14.7. The Kier molecular flexibility index (Phi) is 5.49. The van der Waals surface area contributed by atoms with Gasteiger partial charge in [-0.05, 0) is 28.2 Å². The van der Waals surface area contributed by atoms with Gasteiger partial charge in [0.05, 0.1) is 0 Å². The zero-order chi connectivity index (χ0) is 20.4. The Bertz CT molecular complexity index is 877. The van der Waals surface area contributed by atoms with Crippen molar-refractivity contribution in [3.05, 3.63) is 59.7 Å². The second-order valence-corrected chi connectivity index (χ2v) is 7.40. The van der Waals surface area contributed by atoms with Crippen LogP contribution < -0.4 is 10.6 Å². The molecule has 2 aromatic rings. The highest BCUT2D eigenvalue weighted by molar-refractivity contribution is 5.92. The molecule has 0 heterocycles. The molecule has 1 aliphatic rings. The fourth-order valence-electron chi connectivity index (χ4n) is 3.84. The number of carboxylic acids is 1. The smallest absolute Gasteiger partial charge is 0.327 e. The molecule has 0 saturated carbocycles. The molecule has 0 saturated heterocycles. The van der Waals surface area contributed by atoms with Crippen molar-refractivity contribution in [1.29, 1.82) is 0 Å². The summed E-state index contributed by atoms with van der Waals surface area (Å²) in [4.78, 5) is 36.4. The van der Waals surface area contributed by atoms with Gasteiger partial charge in [0.15, 0.2) is 0 Å². The summed E-state index contributed by atoms with van der Waals surface area (Å²) in [6, 6.07) is 13.3. The van der Waals surface area contributed by atoms with Crippen LogP contribution in [0.1, 0.15) is 37.8 Å². The number of hydrogen-bond acceptors (Lipinski definition) is 3. The zero-order valence-corrected chi connectivity index (χ0v) is 16.1. The van der Waals surface area contributed by atoms with Crippen LogP contribution >= 0.6 is 0 Å². The van der Waals surface area contributed by atoms with Crippen molar-refractivity contribution in [2.75, 3.05) is 0 Å². The van der Waals surface area contributed by atoms with E-state index in [1.165, 1.54) is 6.92 Å². The van der Waals surface area contributed by atoms with E-state index in [-0.39, 0.29) is 11.8 Å². The van der Waals surface area contributed by atoms with Gasteiger partial charge in [-0.1, -0.05) is 62.4 Å². The Hall–Kier alpha value is -3.15. The molecule has 0 fully saturated rings. The van der Waals surface area contributed by atoms with Gasteiger partial charge in [0.1, 0.15) is 12.1 Å². The molecule has 0 radical (unpaired) electrons. The second-order valence-electron chi connectivity index (χ2n) is 7.40. The van der Waals surface area contributed by atoms with Crippen LogP contribution in [0, 0.1) is 5.92 Å². The lowest BCUT2D eigenvalue weighted by molar-refractivity contribution is -0.142. The van der Waals surface area contributed by atoms with E-state index in [0.29, 0.717) is 0 Å². The summed E-state index contributed by atoms with van der Waals surface area (Å²) in [6.07, 6.45) is 0. The number of nitrogens with one attached hydrogen (secondary N) is 2. The van der Waals surface area contributed by atoms with Crippen molar-refractivity contribution in [2.24, 2.45) is 5.92 Å². The molecular formula is C22H24N2O4. The number of carbonyl (C=O) groups is 3. The second kappa shape index (κ2) is 7.84. The van der Waals surface area contributed by atoms with Gasteiger partial charge < -0.3 is 15.7 Å². The van der Waals surface area contributed by atoms with Crippen LogP contribution in [0.2, 0.25) is 0 Å². The van der Waals surface area contributed by atoms with Crippen LogP contribution in [0.15, 0.2) is 48.5 Å². The molecule has 1 aliphatic carbocycles. The Labute approximate surface area is 164 Å². The zero-order valence-electron chi connectivity index (χ0n) is 16.1. The molecule has 3 N–H and O–H groups in total. The molecule has 146 valence electrons. The third-order valence-corrected chi connectivity index (χ3v) is 5.09. The molecule has 6 nitrogen and oxygen atoms in total. The van der Waals surface area contributed by atoms with Crippen LogP contribution in [0.4, 0.5) is 0 Å². The van der Waals surface area contributed by atoms with Crippen molar-refractivity contribution in [3.8, 4) is 11.1 Å². The predicted octanol–water partition coefficient (Wildman–Crippen LogP) is 2.53. The Morgan fingerprint density at radius 3 is 1.82 bits per heavy atom. The molecule has 6 heteroatoms. The summed E-state index contributed by atoms with van der Waals surface area (Å²) in [5.41, 5.74) is 3.70. The van der Waals surface area contributed by atoms with E-state index in [1.807, 2.05) is 48.5 Å². The molecule has 3 rings (SSSR count). The summed E-state index contributed by atoms with van der Waals surface area (Å²) in [6.45, 7) is 4.94. The molecule has 2 atom stereocenters. The van der Waals surface area contributed by atoms with Crippen LogP contribution in [0.5, 0.6) is 0 Å². The fourth-order valence-corrected chi connectivity index (χ4v) is 3.84. The average Bonchev–Trinajstić information content (AvgIpc) is 2.98. The van der Waals surface area contributed by atoms with E-state index in [1.54, 1.807) is 13.8 Å². The molecule has 2 aromatic carbocycles. The third kappa shape index (κ3) is 3.63. The lowest BCUT2D eigenvalue weighted by Gasteiger charge is -2.27. The van der Waals surface area contributed by atoms with Gasteiger partial charge in [-0.25, -0.2) is 4.79 Å². The number of carbonyl (C=O) groups excluding carboxylic acids is 2. The average molecular weight is 380 g/mol. The fraction of sp³-hybridized carbons (Fsp3) is 0.318. The molecule has 0 unspecified atom stereocenters. The van der Waals surface area contributed by atoms with Gasteiger partial charge in [0.25, 0.3) is 0 Å². The van der Waals surface area contributed by atoms with Crippen molar-refractivity contribution < 1.29 is 19.5 Å². The number of fused-ring (bicyclic) bond motifs is 3. The summed E-state index contributed by atoms with van der Waals surface area (Å²) < 4.78 is 0. The Morgan fingerprint density at radius 2 is 1.39 bits per heavy atom. The number of aliphatic carboxylic acids is 1. The van der Waals surface area contributed by atoms with Gasteiger partial charge in [0, 0.05) is 12.8 Å². The van der Waals surface area contributed by atoms with Gasteiger partial charge in [0.2, 0.25) is 11.8 Å². The van der Waals surface area contributed by atoms with E-state index >= 15 is 0 Å². The number of benzene rings is 2. The predicted molar refractivity (Wildman–Crippen MR) is 106 cm³/mol. The molecule has 28 heavy (non-hydrogen) atoms. The highest BCUT2D eigenvalue weighted by Gasteiger charge is 2.40. The van der Waals surface area contributed by atoms with E-state index in [0.717, 1.165) is 22.3 Å². The van der Waals surface area contributed by atoms with Gasteiger partial charge >= 0.3 is 5.97 Å². The number of hydrogen-bond donors (Lipinski definition) is 3. The van der Waals surface area contributed by atoms with E-state index in [9.17, 15) is 19.5 Å². The molecule has 0 aromatic heterocycles. The lowest BCUT2D eigenvalue weighted by atomic mass is 9.88. The molecular weight excluding hydrogens is 356 g/mol. The van der Waals surface area contributed by atoms with Crippen LogP contribution in [-0.4, -0.2) is 35.0 Å². The first-order valence-corrected chi connectivity index (χ1v) is 9.29. The third-order valence-electron chi connectivity index (χ3n) is 5.09. The van der Waals surface area contributed by atoms with Gasteiger partial charge in [-0.2, -0.15) is 0 Å². The first-order valence-electron chi connectivity index (χ1n) is 9.29. The highest BCUT2D eigenvalue weighted by Crippen LogP contribution is 2.46. The quantitative estimate of drug-likeness (QED) is 0.718. The van der Waals surface area contributed by atoms with E-state index < -0.39 is 29.9 Å². The number of carboxylic acid groups (broad SMARTS) is 1. The summed E-state index contributed by atoms with van der Waals surface area (Å²) in [7, 11) is 0. The van der Waals surface area contributed by atoms with Crippen LogP contribution in [0.3, 0.4) is 0 Å². The molecule has 0 spiro atoms. The molecule has 0 aliphatic heterocycles. The minimum atomic E-state index is -1.15. The topological polar surface area (TPSA) is 95.5 Å². The van der Waals surface area contributed by atoms with Gasteiger partial charge in [-0.15, -0.1) is 0 Å². The van der Waals surface area contributed by atoms with Gasteiger partial charge in [-0.3, -0.25) is 9.59 Å². The van der Waals surface area contributed by atoms with E-state index in [2.05, 4.69) is 10.6 Å². The van der Waals surface area contributed by atoms with Crippen molar-refractivity contribution >= 4 is 17.8 Å². The maximum atomic E-state index is 12.8. The molecule has 2 amide bonds. The van der Waals surface area contributed by atoms with Crippen molar-refractivity contribution in [3.63, 3.8) is 0 Å². The Morgan fingerprint density at radius 1 is 0.893 bits per heavy atom. The Balaban J connectivity index is 1.98. The van der Waals surface area contributed by atoms with Crippen molar-refractivity contribution in [1.82, 2.24) is 10.6 Å². The van der Waals surface area contributed by atoms with E-state index in [4.69, 9.17) is 0 Å². The van der Waals surface area contributed by atoms with Crippen LogP contribution in [0.25, 0.3) is 11.1 Å². The molecule has 0 bridgehead atoms. The highest BCUT2D eigenvalue weighted by atomic mass is 16.4. The summed E-state index contributed by atoms with van der Waals surface area (Å²) >= 11 is 0. The minimum Gasteiger partial charge on any atom is -0.480 e. The standard InChI is InChI=1S/C22H24N2O4/c1-12(2)19(23-13(3)25)21(26)24-20(22(27)28)18-16-10-6-4-8-14(16)15-9-5-7-11-17(15)18/h4-12,18-20H,1-3H3,(H,23,25)(H,24,26)(H,27,28)/t19-,20+/m1/s1. The maximum Gasteiger partial charge on any atom is 0.327 e.